The van der Waals surface area contributed by atoms with Crippen molar-refractivity contribution in [2.24, 2.45) is 0 Å². The normalized spacial score (nSPS) is 12.9. The largest absolute Gasteiger partial charge is 0.394 e. The molecule has 1 aromatic rings. The molecular weight excluding hydrogens is 270 g/mol. The van der Waals surface area contributed by atoms with Crippen LogP contribution in [-0.2, 0) is 9.59 Å². The molecular formula is C15H19N3O3. The third-order valence-electron chi connectivity index (χ3n) is 3.38. The molecule has 0 aliphatic rings. The number of anilines is 1. The lowest BCUT2D eigenvalue weighted by molar-refractivity contribution is -0.137. The summed E-state index contributed by atoms with van der Waals surface area (Å²) in [5.74, 6) is -1.72. The summed E-state index contributed by atoms with van der Waals surface area (Å²) in [4.78, 5) is 23.7. The molecule has 0 bridgehead atoms. The summed E-state index contributed by atoms with van der Waals surface area (Å²) < 4.78 is 0. The molecule has 21 heavy (non-hydrogen) atoms. The zero-order chi connectivity index (χ0) is 16.0. The van der Waals surface area contributed by atoms with Gasteiger partial charge in [0.15, 0.2) is 0 Å². The van der Waals surface area contributed by atoms with E-state index < -0.39 is 17.4 Å². The molecule has 0 saturated carbocycles. The second-order valence-electron chi connectivity index (χ2n) is 5.09. The van der Waals surface area contributed by atoms with E-state index in [0.717, 1.165) is 0 Å². The second-order valence-corrected chi connectivity index (χ2v) is 5.09. The molecule has 0 aliphatic carbocycles. The molecule has 2 amide bonds. The molecule has 0 radical (unpaired) electrons. The van der Waals surface area contributed by atoms with Crippen molar-refractivity contribution in [2.45, 2.75) is 32.7 Å². The van der Waals surface area contributed by atoms with Gasteiger partial charge in [-0.1, -0.05) is 19.1 Å². The van der Waals surface area contributed by atoms with E-state index in [1.807, 2.05) is 6.07 Å². The van der Waals surface area contributed by atoms with E-state index in [9.17, 15) is 14.7 Å². The summed E-state index contributed by atoms with van der Waals surface area (Å²) in [6, 6.07) is 6.98. The minimum atomic E-state index is -0.870. The highest BCUT2D eigenvalue weighted by atomic mass is 16.3. The van der Waals surface area contributed by atoms with Gasteiger partial charge in [-0.15, -0.1) is 0 Å². The van der Waals surface area contributed by atoms with Crippen molar-refractivity contribution < 1.29 is 14.7 Å². The minimum absolute atomic E-state index is 0.267. The lowest BCUT2D eigenvalue weighted by atomic mass is 10.0. The molecule has 1 aromatic carbocycles. The molecule has 0 unspecified atom stereocenters. The molecule has 1 rings (SSSR count). The average molecular weight is 289 g/mol. The fraction of sp³-hybridized carbons (Fsp3) is 0.400. The Balaban J connectivity index is 2.86. The summed E-state index contributed by atoms with van der Waals surface area (Å²) in [7, 11) is 0. The highest BCUT2D eigenvalue weighted by molar-refractivity contribution is 6.39. The van der Waals surface area contributed by atoms with Crippen LogP contribution in [0.25, 0.3) is 0 Å². The van der Waals surface area contributed by atoms with E-state index in [-0.39, 0.29) is 6.61 Å². The molecule has 6 nitrogen and oxygen atoms in total. The first-order chi connectivity index (χ1) is 9.86. The van der Waals surface area contributed by atoms with Crippen molar-refractivity contribution in [3.05, 3.63) is 29.3 Å². The van der Waals surface area contributed by atoms with Crippen molar-refractivity contribution in [3.63, 3.8) is 0 Å². The van der Waals surface area contributed by atoms with Gasteiger partial charge in [-0.25, -0.2) is 0 Å². The number of rotatable bonds is 4. The lowest BCUT2D eigenvalue weighted by Gasteiger charge is -2.26. The Morgan fingerprint density at radius 2 is 2.05 bits per heavy atom. The van der Waals surface area contributed by atoms with Gasteiger partial charge in [0.05, 0.1) is 23.4 Å². The Morgan fingerprint density at radius 3 is 2.57 bits per heavy atom. The van der Waals surface area contributed by atoms with E-state index in [1.54, 1.807) is 39.0 Å². The van der Waals surface area contributed by atoms with Crippen LogP contribution in [0.3, 0.4) is 0 Å². The van der Waals surface area contributed by atoms with Gasteiger partial charge in [-0.05, 0) is 31.9 Å². The third kappa shape index (κ3) is 4.04. The molecule has 6 heteroatoms. The fourth-order valence-electron chi connectivity index (χ4n) is 1.67. The summed E-state index contributed by atoms with van der Waals surface area (Å²) in [5, 5.41) is 23.2. The molecule has 112 valence electrons. The molecule has 0 heterocycles. The number of hydrogen-bond acceptors (Lipinski definition) is 4. The monoisotopic (exact) mass is 289 g/mol. The van der Waals surface area contributed by atoms with E-state index in [1.165, 1.54) is 0 Å². The first-order valence-electron chi connectivity index (χ1n) is 6.61. The van der Waals surface area contributed by atoms with E-state index in [4.69, 9.17) is 5.26 Å². The van der Waals surface area contributed by atoms with Crippen LogP contribution in [0.4, 0.5) is 5.69 Å². The molecule has 0 aromatic heterocycles. The van der Waals surface area contributed by atoms with Crippen LogP contribution in [0.5, 0.6) is 0 Å². The maximum atomic E-state index is 11.9. The zero-order valence-corrected chi connectivity index (χ0v) is 12.4. The zero-order valence-electron chi connectivity index (χ0n) is 12.4. The van der Waals surface area contributed by atoms with E-state index >= 15 is 0 Å². The number of aliphatic hydroxyl groups excluding tert-OH is 1. The number of benzene rings is 1. The minimum Gasteiger partial charge on any atom is -0.394 e. The molecule has 0 fully saturated rings. The summed E-state index contributed by atoms with van der Waals surface area (Å²) in [6.45, 7) is 4.92. The van der Waals surface area contributed by atoms with E-state index in [0.29, 0.717) is 23.2 Å². The van der Waals surface area contributed by atoms with Gasteiger partial charge >= 0.3 is 11.8 Å². The molecule has 3 N–H and O–H groups in total. The predicted molar refractivity (Wildman–Crippen MR) is 78.4 cm³/mol. The van der Waals surface area contributed by atoms with E-state index in [2.05, 4.69) is 10.6 Å². The van der Waals surface area contributed by atoms with Crippen molar-refractivity contribution in [3.8, 4) is 6.07 Å². The first-order valence-corrected chi connectivity index (χ1v) is 6.61. The van der Waals surface area contributed by atoms with Gasteiger partial charge < -0.3 is 15.7 Å². The van der Waals surface area contributed by atoms with Gasteiger partial charge in [0.1, 0.15) is 6.07 Å². The van der Waals surface area contributed by atoms with Crippen molar-refractivity contribution in [1.82, 2.24) is 5.32 Å². The standard InChI is InChI=1S/C15H19N3O3/c1-4-15(3,9-19)18-14(21)13(20)17-12-7-5-6-10(2)11(12)8-16/h5-7,19H,4,9H2,1-3H3,(H,17,20)(H,18,21)/t15-/m0/s1. The Hall–Kier alpha value is -2.39. The summed E-state index contributed by atoms with van der Waals surface area (Å²) >= 11 is 0. The predicted octanol–water partition coefficient (Wildman–Crippen LogP) is 1.08. The maximum Gasteiger partial charge on any atom is 0.313 e. The quantitative estimate of drug-likeness (QED) is 0.722. The smallest absolute Gasteiger partial charge is 0.313 e. The lowest BCUT2D eigenvalue weighted by Crippen LogP contribution is -2.51. The molecule has 0 saturated heterocycles. The first kappa shape index (κ1) is 16.7. The number of nitrogens with one attached hydrogen (secondary N) is 2. The van der Waals surface area contributed by atoms with Crippen molar-refractivity contribution in [1.29, 1.82) is 5.26 Å². The molecule has 1 atom stereocenters. The highest BCUT2D eigenvalue weighted by Crippen LogP contribution is 2.18. The van der Waals surface area contributed by atoms with Crippen LogP contribution < -0.4 is 10.6 Å². The maximum absolute atomic E-state index is 11.9. The fourth-order valence-corrected chi connectivity index (χ4v) is 1.67. The summed E-state index contributed by atoms with van der Waals surface area (Å²) in [6.07, 6.45) is 0.483. The second kappa shape index (κ2) is 6.86. The van der Waals surface area contributed by atoms with Gasteiger partial charge in [0.2, 0.25) is 0 Å². The topological polar surface area (TPSA) is 102 Å². The third-order valence-corrected chi connectivity index (χ3v) is 3.38. The van der Waals surface area contributed by atoms with Gasteiger partial charge in [-0.3, -0.25) is 9.59 Å². The molecule has 0 spiro atoms. The number of carbonyl (C=O) groups is 2. The van der Waals surface area contributed by atoms with Gasteiger partial charge in [-0.2, -0.15) is 5.26 Å². The Morgan fingerprint density at radius 1 is 1.38 bits per heavy atom. The number of amides is 2. The van der Waals surface area contributed by atoms with Crippen molar-refractivity contribution >= 4 is 17.5 Å². The number of carbonyl (C=O) groups excluding carboxylic acids is 2. The van der Waals surface area contributed by atoms with Gasteiger partial charge in [0, 0.05) is 0 Å². The van der Waals surface area contributed by atoms with Gasteiger partial charge in [0.25, 0.3) is 0 Å². The number of nitrogens with zero attached hydrogens (tertiary/aromatic N) is 1. The number of hydrogen-bond donors (Lipinski definition) is 3. The van der Waals surface area contributed by atoms with Crippen LogP contribution in [0, 0.1) is 18.3 Å². The Kier molecular flexibility index (Phi) is 5.44. The highest BCUT2D eigenvalue weighted by Gasteiger charge is 2.27. The number of nitriles is 1. The van der Waals surface area contributed by atoms with Crippen LogP contribution in [0.15, 0.2) is 18.2 Å². The van der Waals surface area contributed by atoms with Crippen LogP contribution in [0.2, 0.25) is 0 Å². The summed E-state index contributed by atoms with van der Waals surface area (Å²) in [5.41, 5.74) is 0.474. The van der Waals surface area contributed by atoms with Crippen LogP contribution >= 0.6 is 0 Å². The molecule has 0 aliphatic heterocycles. The number of aliphatic hydroxyl groups is 1. The SMILES string of the molecule is CC[C@@](C)(CO)NC(=O)C(=O)Nc1cccc(C)c1C#N. The van der Waals surface area contributed by atoms with Crippen molar-refractivity contribution in [2.75, 3.05) is 11.9 Å². The Bertz CT molecular complexity index is 586. The van der Waals surface area contributed by atoms with Crippen LogP contribution in [-0.4, -0.2) is 29.1 Å². The number of aryl methyl sites for hydroxylation is 1. The Labute approximate surface area is 123 Å². The average Bonchev–Trinajstić information content (AvgIpc) is 2.47. The van der Waals surface area contributed by atoms with Crippen LogP contribution in [0.1, 0.15) is 31.4 Å².